The summed E-state index contributed by atoms with van der Waals surface area (Å²) in [6.07, 6.45) is 5.28. The van der Waals surface area contributed by atoms with Gasteiger partial charge in [0.15, 0.2) is 5.16 Å². The van der Waals surface area contributed by atoms with E-state index in [1.165, 1.54) is 11.8 Å². The summed E-state index contributed by atoms with van der Waals surface area (Å²) < 4.78 is 0. The number of benzene rings is 1. The summed E-state index contributed by atoms with van der Waals surface area (Å²) in [5.74, 6) is 0. The van der Waals surface area contributed by atoms with Gasteiger partial charge in [-0.3, -0.25) is 9.78 Å². The quantitative estimate of drug-likeness (QED) is 0.580. The van der Waals surface area contributed by atoms with Crippen LogP contribution < -0.4 is 5.56 Å². The first kappa shape index (κ1) is 13.3. The molecule has 2 aromatic heterocycles. The maximum absolute atomic E-state index is 11.9. The van der Waals surface area contributed by atoms with E-state index in [1.54, 1.807) is 12.4 Å². The first-order valence-electron chi connectivity index (χ1n) is 6.15. The molecule has 0 atom stereocenters. The van der Waals surface area contributed by atoms with E-state index in [4.69, 9.17) is 0 Å². The molecule has 0 aliphatic heterocycles. The Morgan fingerprint density at radius 3 is 2.90 bits per heavy atom. The number of nitriles is 1. The molecule has 6 heteroatoms. The van der Waals surface area contributed by atoms with Crippen LogP contribution in [0, 0.1) is 11.3 Å². The molecule has 2 heterocycles. The van der Waals surface area contributed by atoms with Gasteiger partial charge in [-0.05, 0) is 23.8 Å². The Kier molecular flexibility index (Phi) is 3.42. The molecule has 5 nitrogen and oxygen atoms in total. The molecule has 0 bridgehead atoms. The first-order valence-corrected chi connectivity index (χ1v) is 7.38. The molecule has 0 fully saturated rings. The molecule has 21 heavy (non-hydrogen) atoms. The Balaban J connectivity index is 2.29. The fourth-order valence-corrected chi connectivity index (χ4v) is 2.47. The normalized spacial score (nSPS) is 10.5. The van der Waals surface area contributed by atoms with Crippen molar-refractivity contribution in [3.05, 3.63) is 52.6 Å². The minimum atomic E-state index is -0.418. The first-order chi connectivity index (χ1) is 10.2. The monoisotopic (exact) mass is 294 g/mol. The van der Waals surface area contributed by atoms with E-state index in [-0.39, 0.29) is 5.56 Å². The van der Waals surface area contributed by atoms with Gasteiger partial charge in [0.1, 0.15) is 11.6 Å². The predicted octanol–water partition coefficient (Wildman–Crippen LogP) is 2.58. The molecular formula is C15H10N4OS. The van der Waals surface area contributed by atoms with Gasteiger partial charge in [-0.1, -0.05) is 23.9 Å². The molecule has 0 spiro atoms. The number of H-pyrrole nitrogens is 1. The minimum absolute atomic E-state index is 0.0241. The Hall–Kier alpha value is -2.65. The topological polar surface area (TPSA) is 82.4 Å². The zero-order chi connectivity index (χ0) is 14.8. The maximum Gasteiger partial charge on any atom is 0.270 e. The van der Waals surface area contributed by atoms with Crippen LogP contribution in [0.3, 0.4) is 0 Å². The molecule has 3 rings (SSSR count). The average molecular weight is 294 g/mol. The number of pyridine rings is 1. The summed E-state index contributed by atoms with van der Waals surface area (Å²) in [6, 6.07) is 9.50. The number of hydrogen-bond donors (Lipinski definition) is 1. The highest BCUT2D eigenvalue weighted by molar-refractivity contribution is 7.98. The van der Waals surface area contributed by atoms with Crippen molar-refractivity contribution in [2.24, 2.45) is 0 Å². The number of nitrogens with one attached hydrogen (secondary N) is 1. The molecule has 0 saturated heterocycles. The van der Waals surface area contributed by atoms with Gasteiger partial charge in [0, 0.05) is 23.3 Å². The molecule has 102 valence electrons. The van der Waals surface area contributed by atoms with Crippen molar-refractivity contribution in [1.82, 2.24) is 15.0 Å². The number of thioether (sulfide) groups is 1. The summed E-state index contributed by atoms with van der Waals surface area (Å²) in [5.41, 5.74) is 0.735. The highest BCUT2D eigenvalue weighted by Crippen LogP contribution is 2.24. The number of fused-ring (bicyclic) bond motifs is 1. The molecule has 0 radical (unpaired) electrons. The second-order valence-electron chi connectivity index (χ2n) is 4.35. The second-order valence-corrected chi connectivity index (χ2v) is 5.14. The van der Waals surface area contributed by atoms with E-state index in [1.807, 2.05) is 36.6 Å². The van der Waals surface area contributed by atoms with E-state index >= 15 is 0 Å². The molecule has 0 unspecified atom stereocenters. The molecule has 0 aliphatic rings. The van der Waals surface area contributed by atoms with Crippen LogP contribution in [0.1, 0.15) is 5.56 Å². The van der Waals surface area contributed by atoms with E-state index in [0.717, 1.165) is 16.3 Å². The minimum Gasteiger partial charge on any atom is -0.300 e. The number of aromatic amines is 1. The third-order valence-electron chi connectivity index (χ3n) is 3.12. The fourth-order valence-electron chi connectivity index (χ4n) is 2.09. The van der Waals surface area contributed by atoms with E-state index in [0.29, 0.717) is 10.9 Å². The highest BCUT2D eigenvalue weighted by Gasteiger charge is 2.13. The Labute approximate surface area is 124 Å². The van der Waals surface area contributed by atoms with Gasteiger partial charge < -0.3 is 4.98 Å². The molecule has 3 aromatic rings. The average Bonchev–Trinajstić information content (AvgIpc) is 2.53. The van der Waals surface area contributed by atoms with Crippen molar-refractivity contribution < 1.29 is 0 Å². The molecule has 1 aromatic carbocycles. The third kappa shape index (κ3) is 2.39. The second kappa shape index (κ2) is 5.38. The summed E-state index contributed by atoms with van der Waals surface area (Å²) in [7, 11) is 0. The van der Waals surface area contributed by atoms with Gasteiger partial charge in [0.2, 0.25) is 0 Å². The maximum atomic E-state index is 11.9. The van der Waals surface area contributed by atoms with Crippen LogP contribution in [0.2, 0.25) is 0 Å². The zero-order valence-electron chi connectivity index (χ0n) is 11.1. The van der Waals surface area contributed by atoms with Crippen molar-refractivity contribution in [2.45, 2.75) is 5.16 Å². The molecular weight excluding hydrogens is 284 g/mol. The molecule has 1 N–H and O–H groups in total. The van der Waals surface area contributed by atoms with Crippen LogP contribution in [-0.2, 0) is 0 Å². The number of rotatable bonds is 2. The lowest BCUT2D eigenvalue weighted by Crippen LogP contribution is -2.14. The summed E-state index contributed by atoms with van der Waals surface area (Å²) in [6.45, 7) is 0. The van der Waals surface area contributed by atoms with Gasteiger partial charge in [-0.2, -0.15) is 5.26 Å². The Morgan fingerprint density at radius 1 is 1.29 bits per heavy atom. The van der Waals surface area contributed by atoms with Crippen LogP contribution in [0.5, 0.6) is 0 Å². The van der Waals surface area contributed by atoms with E-state index in [2.05, 4.69) is 15.0 Å². The van der Waals surface area contributed by atoms with Crippen LogP contribution in [0.4, 0.5) is 0 Å². The standard InChI is InChI=1S/C15H10N4OS/c1-21-15-18-13(12(7-16)14(20)19-15)10-3-2-9-4-5-17-8-11(9)6-10/h2-6,8H,1H3,(H,18,19,20). The lowest BCUT2D eigenvalue weighted by molar-refractivity contribution is 0.938. The third-order valence-corrected chi connectivity index (χ3v) is 3.70. The van der Waals surface area contributed by atoms with Crippen LogP contribution in [-0.4, -0.2) is 21.2 Å². The number of nitrogens with zero attached hydrogens (tertiary/aromatic N) is 3. The predicted molar refractivity (Wildman–Crippen MR) is 82.1 cm³/mol. The summed E-state index contributed by atoms with van der Waals surface area (Å²) in [4.78, 5) is 23.0. The molecule has 0 amide bonds. The van der Waals surface area contributed by atoms with Crippen molar-refractivity contribution in [3.63, 3.8) is 0 Å². The van der Waals surface area contributed by atoms with Crippen molar-refractivity contribution in [2.75, 3.05) is 6.26 Å². The lowest BCUT2D eigenvalue weighted by atomic mass is 10.0. The number of hydrogen-bond acceptors (Lipinski definition) is 5. The van der Waals surface area contributed by atoms with Crippen LogP contribution in [0.15, 0.2) is 46.6 Å². The van der Waals surface area contributed by atoms with Gasteiger partial charge >= 0.3 is 0 Å². The van der Waals surface area contributed by atoms with Crippen molar-refractivity contribution >= 4 is 22.5 Å². The van der Waals surface area contributed by atoms with Gasteiger partial charge in [0.25, 0.3) is 5.56 Å². The smallest absolute Gasteiger partial charge is 0.270 e. The number of aromatic nitrogens is 3. The highest BCUT2D eigenvalue weighted by atomic mass is 32.2. The van der Waals surface area contributed by atoms with E-state index < -0.39 is 5.56 Å². The van der Waals surface area contributed by atoms with Gasteiger partial charge in [-0.15, -0.1) is 0 Å². The summed E-state index contributed by atoms with van der Waals surface area (Å²) in [5, 5.41) is 11.7. The zero-order valence-corrected chi connectivity index (χ0v) is 11.9. The van der Waals surface area contributed by atoms with Gasteiger partial charge in [-0.25, -0.2) is 4.98 Å². The van der Waals surface area contributed by atoms with Crippen molar-refractivity contribution in [3.8, 4) is 17.3 Å². The SMILES string of the molecule is CSc1nc(-c2ccc3ccncc3c2)c(C#N)c(=O)[nH]1. The van der Waals surface area contributed by atoms with Crippen molar-refractivity contribution in [1.29, 1.82) is 5.26 Å². The summed E-state index contributed by atoms with van der Waals surface area (Å²) >= 11 is 1.33. The fraction of sp³-hybridized carbons (Fsp3) is 0.0667. The van der Waals surface area contributed by atoms with Crippen LogP contribution in [0.25, 0.3) is 22.0 Å². The molecule has 0 saturated carbocycles. The Bertz CT molecular complexity index is 927. The lowest BCUT2D eigenvalue weighted by Gasteiger charge is -2.06. The largest absolute Gasteiger partial charge is 0.300 e. The van der Waals surface area contributed by atoms with Crippen LogP contribution >= 0.6 is 11.8 Å². The Morgan fingerprint density at radius 2 is 2.14 bits per heavy atom. The van der Waals surface area contributed by atoms with E-state index in [9.17, 15) is 10.1 Å². The van der Waals surface area contributed by atoms with Gasteiger partial charge in [0.05, 0.1) is 5.69 Å². The molecule has 0 aliphatic carbocycles.